The molecule has 0 aromatic heterocycles. The second-order valence-electron chi connectivity index (χ2n) is 6.04. The van der Waals surface area contributed by atoms with Gasteiger partial charge in [0.15, 0.2) is 0 Å². The van der Waals surface area contributed by atoms with Crippen LogP contribution in [0.2, 0.25) is 0 Å². The summed E-state index contributed by atoms with van der Waals surface area (Å²) in [7, 11) is -3.59. The van der Waals surface area contributed by atoms with Gasteiger partial charge in [-0.1, -0.05) is 54.0 Å². The van der Waals surface area contributed by atoms with Crippen molar-refractivity contribution in [1.29, 1.82) is 0 Å². The van der Waals surface area contributed by atoms with Gasteiger partial charge in [0.25, 0.3) is 0 Å². The van der Waals surface area contributed by atoms with Gasteiger partial charge in [0, 0.05) is 10.2 Å². The number of rotatable bonds is 7. The van der Waals surface area contributed by atoms with Gasteiger partial charge in [0.1, 0.15) is 0 Å². The first-order chi connectivity index (χ1) is 11.7. The van der Waals surface area contributed by atoms with Gasteiger partial charge < -0.3 is 5.32 Å². The third kappa shape index (κ3) is 6.61. The number of hydrogen-bond donors (Lipinski definition) is 2. The molecule has 0 atom stereocenters. The van der Waals surface area contributed by atoms with Crippen molar-refractivity contribution in [3.8, 4) is 0 Å². The van der Waals surface area contributed by atoms with Crippen LogP contribution in [-0.4, -0.2) is 20.9 Å². The molecule has 134 valence electrons. The van der Waals surface area contributed by atoms with Crippen LogP contribution in [-0.2, 0) is 20.6 Å². The van der Waals surface area contributed by atoms with Crippen LogP contribution in [0.3, 0.4) is 0 Å². The summed E-state index contributed by atoms with van der Waals surface area (Å²) >= 11 is 3.30. The molecule has 2 aromatic carbocycles. The van der Waals surface area contributed by atoms with E-state index in [2.05, 4.69) is 39.8 Å². The van der Waals surface area contributed by atoms with Crippen LogP contribution >= 0.6 is 15.9 Å². The average molecular weight is 425 g/mol. The number of nitrogens with one attached hydrogen (secondary N) is 2. The van der Waals surface area contributed by atoms with E-state index in [0.29, 0.717) is 17.2 Å². The van der Waals surface area contributed by atoms with Gasteiger partial charge in [-0.3, -0.25) is 4.79 Å². The van der Waals surface area contributed by atoms with Crippen molar-refractivity contribution in [3.05, 3.63) is 64.1 Å². The molecule has 1 amide bonds. The summed E-state index contributed by atoms with van der Waals surface area (Å²) in [5.41, 5.74) is 2.46. The van der Waals surface area contributed by atoms with Gasteiger partial charge in [0.05, 0.1) is 12.3 Å². The van der Waals surface area contributed by atoms with Crippen LogP contribution in [0.4, 0.5) is 5.69 Å². The van der Waals surface area contributed by atoms with E-state index in [-0.39, 0.29) is 12.3 Å². The van der Waals surface area contributed by atoms with Crippen molar-refractivity contribution in [3.63, 3.8) is 0 Å². The molecular weight excluding hydrogens is 404 g/mol. The topological polar surface area (TPSA) is 75.3 Å². The number of sulfonamides is 1. The molecule has 0 unspecified atom stereocenters. The van der Waals surface area contributed by atoms with E-state index in [1.807, 2.05) is 30.3 Å². The van der Waals surface area contributed by atoms with Crippen molar-refractivity contribution in [2.75, 3.05) is 11.9 Å². The van der Waals surface area contributed by atoms with E-state index in [9.17, 15) is 13.2 Å². The van der Waals surface area contributed by atoms with Crippen molar-refractivity contribution in [1.82, 2.24) is 4.72 Å². The predicted octanol–water partition coefficient (Wildman–Crippen LogP) is 3.63. The summed E-state index contributed by atoms with van der Waals surface area (Å²) in [6.45, 7) is 3.88. The standard InChI is InChI=1S/C18H21BrN2O3S/c1-13(2)15-6-8-17(9-7-15)21-18(22)11-20-25(23,24)12-14-4-3-5-16(19)10-14/h3-10,13,20H,11-12H2,1-2H3,(H,21,22). The normalized spacial score (nSPS) is 11.5. The minimum atomic E-state index is -3.59. The average Bonchev–Trinajstić information content (AvgIpc) is 2.53. The highest BCUT2D eigenvalue weighted by molar-refractivity contribution is 9.10. The first-order valence-corrected chi connectivity index (χ1v) is 10.3. The molecular formula is C18H21BrN2O3S. The maximum Gasteiger partial charge on any atom is 0.239 e. The Labute approximate surface area is 157 Å². The third-order valence-corrected chi connectivity index (χ3v) is 5.35. The van der Waals surface area contributed by atoms with Gasteiger partial charge in [-0.15, -0.1) is 0 Å². The molecule has 2 aromatic rings. The number of halogens is 1. The Morgan fingerprint density at radius 1 is 1.12 bits per heavy atom. The van der Waals surface area contributed by atoms with Crippen LogP contribution in [0.1, 0.15) is 30.9 Å². The largest absolute Gasteiger partial charge is 0.325 e. The predicted molar refractivity (Wildman–Crippen MR) is 104 cm³/mol. The Balaban J connectivity index is 1.88. The number of carbonyl (C=O) groups is 1. The second kappa shape index (κ2) is 8.60. The van der Waals surface area contributed by atoms with E-state index >= 15 is 0 Å². The lowest BCUT2D eigenvalue weighted by Gasteiger charge is -2.10. The lowest BCUT2D eigenvalue weighted by Crippen LogP contribution is -2.33. The van der Waals surface area contributed by atoms with Gasteiger partial charge in [-0.05, 0) is 41.3 Å². The summed E-state index contributed by atoms with van der Waals surface area (Å²) in [5, 5.41) is 2.68. The maximum atomic E-state index is 12.1. The van der Waals surface area contributed by atoms with Crippen LogP contribution in [0.15, 0.2) is 53.0 Å². The van der Waals surface area contributed by atoms with E-state index in [1.165, 1.54) is 5.56 Å². The zero-order valence-electron chi connectivity index (χ0n) is 14.1. The maximum absolute atomic E-state index is 12.1. The van der Waals surface area contributed by atoms with Crippen molar-refractivity contribution < 1.29 is 13.2 Å². The van der Waals surface area contributed by atoms with Crippen LogP contribution in [0.25, 0.3) is 0 Å². The third-order valence-electron chi connectivity index (χ3n) is 3.56. The number of amides is 1. The van der Waals surface area contributed by atoms with Crippen molar-refractivity contribution >= 4 is 37.5 Å². The van der Waals surface area contributed by atoms with Crippen LogP contribution in [0, 0.1) is 0 Å². The lowest BCUT2D eigenvalue weighted by molar-refractivity contribution is -0.115. The molecule has 0 aliphatic rings. The summed E-state index contributed by atoms with van der Waals surface area (Å²) in [6, 6.07) is 14.5. The minimum absolute atomic E-state index is 0.178. The van der Waals surface area contributed by atoms with E-state index in [4.69, 9.17) is 0 Å². The summed E-state index contributed by atoms with van der Waals surface area (Å²) in [4.78, 5) is 11.9. The summed E-state index contributed by atoms with van der Waals surface area (Å²) < 4.78 is 27.3. The molecule has 5 nitrogen and oxygen atoms in total. The van der Waals surface area contributed by atoms with Gasteiger partial charge in [-0.2, -0.15) is 0 Å². The first kappa shape index (κ1) is 19.6. The number of hydrogen-bond acceptors (Lipinski definition) is 3. The quantitative estimate of drug-likeness (QED) is 0.712. The molecule has 0 heterocycles. The minimum Gasteiger partial charge on any atom is -0.325 e. The SMILES string of the molecule is CC(C)c1ccc(NC(=O)CNS(=O)(=O)Cc2cccc(Br)c2)cc1. The highest BCUT2D eigenvalue weighted by Gasteiger charge is 2.14. The molecule has 0 saturated heterocycles. The van der Waals surface area contributed by atoms with Gasteiger partial charge >= 0.3 is 0 Å². The molecule has 2 N–H and O–H groups in total. The molecule has 25 heavy (non-hydrogen) atoms. The first-order valence-electron chi connectivity index (χ1n) is 7.87. The Hall–Kier alpha value is -1.70. The molecule has 7 heteroatoms. The smallest absolute Gasteiger partial charge is 0.239 e. The molecule has 0 aliphatic heterocycles. The number of anilines is 1. The monoisotopic (exact) mass is 424 g/mol. The van der Waals surface area contributed by atoms with Gasteiger partial charge in [-0.25, -0.2) is 13.1 Å². The molecule has 0 fully saturated rings. The van der Waals surface area contributed by atoms with Crippen molar-refractivity contribution in [2.45, 2.75) is 25.5 Å². The Morgan fingerprint density at radius 2 is 1.80 bits per heavy atom. The zero-order valence-corrected chi connectivity index (χ0v) is 16.5. The number of carbonyl (C=O) groups excluding carboxylic acids is 1. The lowest BCUT2D eigenvalue weighted by atomic mass is 10.0. The highest BCUT2D eigenvalue weighted by Crippen LogP contribution is 2.17. The molecule has 0 spiro atoms. The second-order valence-corrected chi connectivity index (χ2v) is 8.76. The Morgan fingerprint density at radius 3 is 2.40 bits per heavy atom. The molecule has 0 saturated carbocycles. The fraction of sp³-hybridized carbons (Fsp3) is 0.278. The summed E-state index contributed by atoms with van der Waals surface area (Å²) in [6.07, 6.45) is 0. The molecule has 0 bridgehead atoms. The van der Waals surface area contributed by atoms with Gasteiger partial charge in [0.2, 0.25) is 15.9 Å². The van der Waals surface area contributed by atoms with E-state index in [0.717, 1.165) is 4.47 Å². The van der Waals surface area contributed by atoms with Crippen molar-refractivity contribution in [2.24, 2.45) is 0 Å². The molecule has 0 aliphatic carbocycles. The van der Waals surface area contributed by atoms with Crippen LogP contribution < -0.4 is 10.0 Å². The molecule has 2 rings (SSSR count). The fourth-order valence-electron chi connectivity index (χ4n) is 2.23. The van der Waals surface area contributed by atoms with Crippen LogP contribution in [0.5, 0.6) is 0 Å². The highest BCUT2D eigenvalue weighted by atomic mass is 79.9. The Kier molecular flexibility index (Phi) is 6.75. The number of benzene rings is 2. The summed E-state index contributed by atoms with van der Waals surface area (Å²) in [5.74, 6) is -0.173. The fourth-order valence-corrected chi connectivity index (χ4v) is 3.75. The van der Waals surface area contributed by atoms with E-state index < -0.39 is 15.9 Å². The molecule has 0 radical (unpaired) electrons. The Bertz CT molecular complexity index is 834. The zero-order chi connectivity index (χ0) is 18.4. The van der Waals surface area contributed by atoms with E-state index in [1.54, 1.807) is 18.2 Å².